The Morgan fingerprint density at radius 3 is 2.65 bits per heavy atom. The average molecular weight is 311 g/mol. The van der Waals surface area contributed by atoms with Crippen molar-refractivity contribution >= 4 is 11.6 Å². The van der Waals surface area contributed by atoms with Crippen LogP contribution in [0.2, 0.25) is 0 Å². The number of rotatable bonds is 5. The maximum atomic E-state index is 12.9. The second kappa shape index (κ2) is 7.52. The Bertz CT molecular complexity index is 722. The molecule has 2 aromatic rings. The van der Waals surface area contributed by atoms with Crippen molar-refractivity contribution in [2.75, 3.05) is 12.4 Å². The van der Waals surface area contributed by atoms with Crippen molar-refractivity contribution in [3.05, 3.63) is 65.5 Å². The lowest BCUT2D eigenvalue weighted by molar-refractivity contribution is -0.120. The third kappa shape index (κ3) is 4.63. The SMILES string of the molecule is CC(C(=O)Nc1cccc(C#N)c1)N(C)Cc1ccc(F)cc1. The van der Waals surface area contributed by atoms with Gasteiger partial charge in [-0.15, -0.1) is 0 Å². The quantitative estimate of drug-likeness (QED) is 0.923. The van der Waals surface area contributed by atoms with Crippen LogP contribution in [0.3, 0.4) is 0 Å². The number of nitrogens with zero attached hydrogens (tertiary/aromatic N) is 2. The molecule has 4 nitrogen and oxygen atoms in total. The van der Waals surface area contributed by atoms with Crippen molar-refractivity contribution in [2.24, 2.45) is 0 Å². The number of hydrogen-bond acceptors (Lipinski definition) is 3. The van der Waals surface area contributed by atoms with E-state index in [2.05, 4.69) is 5.32 Å². The van der Waals surface area contributed by atoms with Crippen molar-refractivity contribution in [3.63, 3.8) is 0 Å². The van der Waals surface area contributed by atoms with Crippen LogP contribution in [-0.2, 0) is 11.3 Å². The minimum atomic E-state index is -0.370. The summed E-state index contributed by atoms with van der Waals surface area (Å²) in [6.07, 6.45) is 0. The molecule has 0 spiro atoms. The zero-order chi connectivity index (χ0) is 16.8. The lowest BCUT2D eigenvalue weighted by atomic mass is 10.1. The predicted molar refractivity (Wildman–Crippen MR) is 87.1 cm³/mol. The Labute approximate surface area is 135 Å². The average Bonchev–Trinajstić information content (AvgIpc) is 2.56. The second-order valence-electron chi connectivity index (χ2n) is 5.40. The number of anilines is 1. The fourth-order valence-corrected chi connectivity index (χ4v) is 2.13. The minimum Gasteiger partial charge on any atom is -0.325 e. The topological polar surface area (TPSA) is 56.1 Å². The van der Waals surface area contributed by atoms with Gasteiger partial charge in [-0.05, 0) is 49.9 Å². The van der Waals surface area contributed by atoms with Gasteiger partial charge in [-0.1, -0.05) is 18.2 Å². The van der Waals surface area contributed by atoms with Gasteiger partial charge in [0.15, 0.2) is 0 Å². The molecule has 0 aliphatic heterocycles. The van der Waals surface area contributed by atoms with E-state index in [1.165, 1.54) is 12.1 Å². The van der Waals surface area contributed by atoms with E-state index in [0.29, 0.717) is 17.8 Å². The van der Waals surface area contributed by atoms with E-state index < -0.39 is 0 Å². The highest BCUT2D eigenvalue weighted by Crippen LogP contribution is 2.12. The largest absolute Gasteiger partial charge is 0.325 e. The van der Waals surface area contributed by atoms with Gasteiger partial charge in [0.05, 0.1) is 17.7 Å². The molecule has 2 aromatic carbocycles. The molecule has 0 saturated carbocycles. The Morgan fingerprint density at radius 1 is 1.30 bits per heavy atom. The normalized spacial score (nSPS) is 11.8. The van der Waals surface area contributed by atoms with Crippen LogP contribution >= 0.6 is 0 Å². The molecule has 1 unspecified atom stereocenters. The number of hydrogen-bond donors (Lipinski definition) is 1. The molecule has 0 fully saturated rings. The molecule has 0 bridgehead atoms. The number of amides is 1. The fraction of sp³-hybridized carbons (Fsp3) is 0.222. The van der Waals surface area contributed by atoms with Crippen molar-refractivity contribution in [1.29, 1.82) is 5.26 Å². The molecule has 1 atom stereocenters. The van der Waals surface area contributed by atoms with E-state index in [-0.39, 0.29) is 17.8 Å². The van der Waals surface area contributed by atoms with Crippen LogP contribution in [0.15, 0.2) is 48.5 Å². The molecule has 0 aliphatic rings. The van der Waals surface area contributed by atoms with Crippen LogP contribution in [0.5, 0.6) is 0 Å². The highest BCUT2D eigenvalue weighted by Gasteiger charge is 2.18. The van der Waals surface area contributed by atoms with E-state index >= 15 is 0 Å². The molecule has 1 N–H and O–H groups in total. The highest BCUT2D eigenvalue weighted by molar-refractivity contribution is 5.94. The van der Waals surface area contributed by atoms with Crippen LogP contribution in [0.1, 0.15) is 18.1 Å². The van der Waals surface area contributed by atoms with E-state index in [4.69, 9.17) is 5.26 Å². The zero-order valence-electron chi connectivity index (χ0n) is 13.1. The van der Waals surface area contributed by atoms with Crippen LogP contribution < -0.4 is 5.32 Å². The van der Waals surface area contributed by atoms with Crippen molar-refractivity contribution in [2.45, 2.75) is 19.5 Å². The lowest BCUT2D eigenvalue weighted by Gasteiger charge is -2.24. The molecule has 118 valence electrons. The van der Waals surface area contributed by atoms with E-state index in [1.54, 1.807) is 43.3 Å². The van der Waals surface area contributed by atoms with Crippen LogP contribution in [0.25, 0.3) is 0 Å². The molecule has 0 aromatic heterocycles. The summed E-state index contributed by atoms with van der Waals surface area (Å²) in [5.41, 5.74) is 2.02. The predicted octanol–water partition coefficient (Wildman–Crippen LogP) is 3.16. The first-order chi connectivity index (χ1) is 11.0. The van der Waals surface area contributed by atoms with Crippen LogP contribution in [-0.4, -0.2) is 23.9 Å². The van der Waals surface area contributed by atoms with Gasteiger partial charge in [0.25, 0.3) is 0 Å². The Hall–Kier alpha value is -2.71. The van der Waals surface area contributed by atoms with Gasteiger partial charge in [-0.25, -0.2) is 4.39 Å². The van der Waals surface area contributed by atoms with E-state index in [9.17, 15) is 9.18 Å². The maximum Gasteiger partial charge on any atom is 0.241 e. The number of nitrogens with one attached hydrogen (secondary N) is 1. The first-order valence-corrected chi connectivity index (χ1v) is 7.25. The standard InChI is InChI=1S/C18H18FN3O/c1-13(22(2)12-14-6-8-16(19)9-7-14)18(23)21-17-5-3-4-15(10-17)11-20/h3-10,13H,12H2,1-2H3,(H,21,23). The molecule has 0 radical (unpaired) electrons. The number of halogens is 1. The van der Waals surface area contributed by atoms with Crippen molar-refractivity contribution in [1.82, 2.24) is 4.90 Å². The van der Waals surface area contributed by atoms with Gasteiger partial charge >= 0.3 is 0 Å². The summed E-state index contributed by atoms with van der Waals surface area (Å²) in [6, 6.07) is 14.7. The fourth-order valence-electron chi connectivity index (χ4n) is 2.13. The highest BCUT2D eigenvalue weighted by atomic mass is 19.1. The van der Waals surface area contributed by atoms with Crippen LogP contribution in [0, 0.1) is 17.1 Å². The molecule has 2 rings (SSSR count). The maximum absolute atomic E-state index is 12.9. The molecule has 0 heterocycles. The summed E-state index contributed by atoms with van der Waals surface area (Å²) < 4.78 is 12.9. The molecule has 5 heteroatoms. The third-order valence-electron chi connectivity index (χ3n) is 3.65. The van der Waals surface area contributed by atoms with Gasteiger partial charge in [0, 0.05) is 12.2 Å². The monoisotopic (exact) mass is 311 g/mol. The molecule has 0 aliphatic carbocycles. The Balaban J connectivity index is 1.98. The third-order valence-corrected chi connectivity index (χ3v) is 3.65. The van der Waals surface area contributed by atoms with E-state index in [1.807, 2.05) is 18.0 Å². The first-order valence-electron chi connectivity index (χ1n) is 7.25. The smallest absolute Gasteiger partial charge is 0.241 e. The van der Waals surface area contributed by atoms with Crippen LogP contribution in [0.4, 0.5) is 10.1 Å². The zero-order valence-corrected chi connectivity index (χ0v) is 13.1. The number of nitriles is 1. The summed E-state index contributed by atoms with van der Waals surface area (Å²) in [7, 11) is 1.83. The summed E-state index contributed by atoms with van der Waals surface area (Å²) in [4.78, 5) is 14.2. The summed E-state index contributed by atoms with van der Waals surface area (Å²) in [6.45, 7) is 2.33. The lowest BCUT2D eigenvalue weighted by Crippen LogP contribution is -2.39. The number of carbonyl (C=O) groups excluding carboxylic acids is 1. The van der Waals surface area contributed by atoms with Gasteiger partial charge in [0.1, 0.15) is 5.82 Å². The number of carbonyl (C=O) groups is 1. The molecule has 0 saturated heterocycles. The van der Waals surface area contributed by atoms with Gasteiger partial charge in [0.2, 0.25) is 5.91 Å². The minimum absolute atomic E-state index is 0.162. The van der Waals surface area contributed by atoms with Gasteiger partial charge in [-0.3, -0.25) is 9.69 Å². The summed E-state index contributed by atoms with van der Waals surface area (Å²) >= 11 is 0. The molecular weight excluding hydrogens is 293 g/mol. The Kier molecular flexibility index (Phi) is 5.45. The molecule has 1 amide bonds. The number of likely N-dealkylation sites (N-methyl/N-ethyl adjacent to an activating group) is 1. The van der Waals surface area contributed by atoms with Gasteiger partial charge < -0.3 is 5.32 Å². The molecular formula is C18H18FN3O. The van der Waals surface area contributed by atoms with Crippen molar-refractivity contribution in [3.8, 4) is 6.07 Å². The number of benzene rings is 2. The van der Waals surface area contributed by atoms with E-state index in [0.717, 1.165) is 5.56 Å². The summed E-state index contributed by atoms with van der Waals surface area (Å²) in [5, 5.41) is 11.7. The van der Waals surface area contributed by atoms with Gasteiger partial charge in [-0.2, -0.15) is 5.26 Å². The summed E-state index contributed by atoms with van der Waals surface area (Å²) in [5.74, 6) is -0.440. The Morgan fingerprint density at radius 2 is 2.00 bits per heavy atom. The first kappa shape index (κ1) is 16.7. The second-order valence-corrected chi connectivity index (χ2v) is 5.40. The van der Waals surface area contributed by atoms with Crippen molar-refractivity contribution < 1.29 is 9.18 Å². The molecule has 23 heavy (non-hydrogen) atoms.